The normalized spacial score (nSPS) is 11.0. The van der Waals surface area contributed by atoms with Gasteiger partial charge >= 0.3 is 5.97 Å². The fourth-order valence-electron chi connectivity index (χ4n) is 1.74. The Morgan fingerprint density at radius 2 is 2.24 bits per heavy atom. The molecule has 0 amide bonds. The Hall–Kier alpha value is -0.890. The molecule has 0 aromatic carbocycles. The summed E-state index contributed by atoms with van der Waals surface area (Å²) in [7, 11) is 0. The van der Waals surface area contributed by atoms with E-state index in [4.69, 9.17) is 5.11 Å². The summed E-state index contributed by atoms with van der Waals surface area (Å²) in [5.41, 5.74) is 0.339. The molecule has 90 valence electrons. The second-order valence-electron chi connectivity index (χ2n) is 3.64. The highest BCUT2D eigenvalue weighted by atomic mass is 127. The minimum atomic E-state index is -1.17. The van der Waals surface area contributed by atoms with Crippen LogP contribution in [0, 0.1) is 9.81 Å². The van der Waals surface area contributed by atoms with Gasteiger partial charge in [0.15, 0.2) is 0 Å². The Balaban J connectivity index is 3.01. The van der Waals surface area contributed by atoms with Crippen LogP contribution in [0.4, 0.5) is 0 Å². The van der Waals surface area contributed by atoms with E-state index in [1.165, 1.54) is 17.5 Å². The number of carboxylic acid groups (broad SMARTS) is 1. The number of hydrogen-bond donors (Lipinski definition) is 1. The van der Waals surface area contributed by atoms with Gasteiger partial charge in [0.05, 0.1) is 8.27 Å². The molecule has 2 heterocycles. The summed E-state index contributed by atoms with van der Waals surface area (Å²) in [5, 5.41) is 9.57. The molecular formula is C11H10INO3S. The van der Waals surface area contributed by atoms with E-state index in [2.05, 4.69) is 22.6 Å². The zero-order valence-corrected chi connectivity index (χ0v) is 12.3. The van der Waals surface area contributed by atoms with Crippen LogP contribution in [0.25, 0.3) is 10.2 Å². The van der Waals surface area contributed by atoms with Crippen LogP contribution in [0.2, 0.25) is 0 Å². The third-order valence-corrected chi connectivity index (χ3v) is 5.25. The van der Waals surface area contributed by atoms with Crippen molar-refractivity contribution in [2.24, 2.45) is 0 Å². The lowest BCUT2D eigenvalue weighted by Gasteiger charge is -2.06. The monoisotopic (exact) mass is 363 g/mol. The number of carbonyl (C=O) groups is 1. The highest BCUT2D eigenvalue weighted by molar-refractivity contribution is 14.1. The minimum Gasteiger partial charge on any atom is -0.477 e. The number of nitrogens with zero attached hydrogens (tertiary/aromatic N) is 1. The highest BCUT2D eigenvalue weighted by Gasteiger charge is 2.18. The first kappa shape index (κ1) is 12.6. The average Bonchev–Trinajstić information content (AvgIpc) is 2.56. The van der Waals surface area contributed by atoms with E-state index in [-0.39, 0.29) is 11.0 Å². The van der Waals surface area contributed by atoms with E-state index in [1.54, 1.807) is 0 Å². The second kappa shape index (κ2) is 4.41. The van der Waals surface area contributed by atoms with Crippen molar-refractivity contribution in [2.75, 3.05) is 0 Å². The molecule has 0 bridgehead atoms. The molecule has 0 aliphatic carbocycles. The quantitative estimate of drug-likeness (QED) is 0.835. The fourth-order valence-corrected chi connectivity index (χ4v) is 3.70. The standard InChI is InChI=1S/C11H10INO3S/c1-3-13-4-6(11(15)16)8(14)7-5(2)9(12)17-10(7)13/h4H,3H2,1-2H3,(H,15,16). The molecule has 2 rings (SSSR count). The van der Waals surface area contributed by atoms with Crippen LogP contribution >= 0.6 is 33.9 Å². The van der Waals surface area contributed by atoms with Crippen molar-refractivity contribution in [1.82, 2.24) is 4.57 Å². The number of hydrogen-bond acceptors (Lipinski definition) is 3. The maximum absolute atomic E-state index is 12.1. The minimum absolute atomic E-state index is 0.156. The molecule has 0 atom stereocenters. The van der Waals surface area contributed by atoms with Gasteiger partial charge in [-0.05, 0) is 42.0 Å². The molecule has 17 heavy (non-hydrogen) atoms. The number of carboxylic acids is 1. The van der Waals surface area contributed by atoms with Crippen molar-refractivity contribution in [1.29, 1.82) is 0 Å². The topological polar surface area (TPSA) is 59.3 Å². The number of fused-ring (bicyclic) bond motifs is 1. The molecule has 0 saturated carbocycles. The maximum Gasteiger partial charge on any atom is 0.341 e. The predicted molar refractivity (Wildman–Crippen MR) is 76.2 cm³/mol. The number of aromatic nitrogens is 1. The van der Waals surface area contributed by atoms with Gasteiger partial charge in [0.25, 0.3) is 0 Å². The largest absolute Gasteiger partial charge is 0.477 e. The van der Waals surface area contributed by atoms with Crippen LogP contribution in [-0.2, 0) is 6.54 Å². The third-order valence-electron chi connectivity index (χ3n) is 2.66. The second-order valence-corrected chi connectivity index (χ2v) is 6.45. The fraction of sp³-hybridized carbons (Fsp3) is 0.273. The van der Waals surface area contributed by atoms with Crippen LogP contribution in [0.15, 0.2) is 11.0 Å². The zero-order chi connectivity index (χ0) is 12.7. The van der Waals surface area contributed by atoms with Gasteiger partial charge in [-0.1, -0.05) is 0 Å². The van der Waals surface area contributed by atoms with E-state index < -0.39 is 5.97 Å². The van der Waals surface area contributed by atoms with Crippen molar-refractivity contribution in [2.45, 2.75) is 20.4 Å². The van der Waals surface area contributed by atoms with Gasteiger partial charge in [-0.3, -0.25) is 4.79 Å². The zero-order valence-electron chi connectivity index (χ0n) is 9.28. The van der Waals surface area contributed by atoms with Gasteiger partial charge in [0.2, 0.25) is 5.43 Å². The van der Waals surface area contributed by atoms with E-state index in [9.17, 15) is 9.59 Å². The van der Waals surface area contributed by atoms with E-state index in [1.807, 2.05) is 18.4 Å². The Labute approximate surface area is 115 Å². The number of halogens is 1. The first-order valence-electron chi connectivity index (χ1n) is 5.02. The van der Waals surface area contributed by atoms with Gasteiger partial charge in [-0.15, -0.1) is 11.3 Å². The number of aryl methyl sites for hydroxylation is 2. The van der Waals surface area contributed by atoms with E-state index in [0.717, 1.165) is 13.3 Å². The van der Waals surface area contributed by atoms with Crippen molar-refractivity contribution in [3.8, 4) is 0 Å². The van der Waals surface area contributed by atoms with E-state index in [0.29, 0.717) is 11.9 Å². The number of rotatable bonds is 2. The van der Waals surface area contributed by atoms with Crippen LogP contribution in [-0.4, -0.2) is 15.6 Å². The Morgan fingerprint density at radius 1 is 1.59 bits per heavy atom. The first-order valence-corrected chi connectivity index (χ1v) is 6.92. The summed E-state index contributed by atoms with van der Waals surface area (Å²) in [5.74, 6) is -1.17. The molecule has 0 radical (unpaired) electrons. The highest BCUT2D eigenvalue weighted by Crippen LogP contribution is 2.30. The average molecular weight is 363 g/mol. The van der Waals surface area contributed by atoms with Crippen LogP contribution in [0.5, 0.6) is 0 Å². The number of aromatic carboxylic acids is 1. The lowest BCUT2D eigenvalue weighted by Crippen LogP contribution is -2.18. The van der Waals surface area contributed by atoms with Gasteiger partial charge in [0, 0.05) is 12.7 Å². The predicted octanol–water partition coefficient (Wildman–Crippen LogP) is 2.69. The molecule has 0 fully saturated rings. The summed E-state index contributed by atoms with van der Waals surface area (Å²) < 4.78 is 2.85. The lowest BCUT2D eigenvalue weighted by molar-refractivity contribution is 0.0695. The molecular weight excluding hydrogens is 353 g/mol. The van der Waals surface area contributed by atoms with Crippen molar-refractivity contribution < 1.29 is 9.90 Å². The third kappa shape index (κ3) is 1.89. The molecule has 2 aromatic heterocycles. The Morgan fingerprint density at radius 3 is 2.76 bits per heavy atom. The molecule has 0 saturated heterocycles. The van der Waals surface area contributed by atoms with Gasteiger partial charge in [0.1, 0.15) is 10.4 Å². The lowest BCUT2D eigenvalue weighted by atomic mass is 10.1. The molecule has 0 spiro atoms. The Kier molecular flexibility index (Phi) is 3.26. The van der Waals surface area contributed by atoms with Gasteiger partial charge < -0.3 is 9.67 Å². The molecule has 0 aliphatic rings. The molecule has 0 unspecified atom stereocenters. The maximum atomic E-state index is 12.1. The molecule has 6 heteroatoms. The van der Waals surface area contributed by atoms with Crippen molar-refractivity contribution >= 4 is 50.1 Å². The summed E-state index contributed by atoms with van der Waals surface area (Å²) in [4.78, 5) is 24.0. The molecule has 2 aromatic rings. The van der Waals surface area contributed by atoms with Crippen LogP contribution < -0.4 is 5.43 Å². The van der Waals surface area contributed by atoms with Crippen LogP contribution in [0.3, 0.4) is 0 Å². The first-order chi connectivity index (χ1) is 7.97. The van der Waals surface area contributed by atoms with E-state index >= 15 is 0 Å². The summed E-state index contributed by atoms with van der Waals surface area (Å²) >= 11 is 3.70. The summed E-state index contributed by atoms with van der Waals surface area (Å²) in [6, 6.07) is 0. The summed E-state index contributed by atoms with van der Waals surface area (Å²) in [6.07, 6.45) is 1.43. The SMILES string of the molecule is CCn1cc(C(=O)O)c(=O)c2c(C)c(I)sc21. The molecule has 1 N–H and O–H groups in total. The molecule has 0 aliphatic heterocycles. The smallest absolute Gasteiger partial charge is 0.341 e. The summed E-state index contributed by atoms with van der Waals surface area (Å²) in [6.45, 7) is 4.43. The number of thiophene rings is 1. The van der Waals surface area contributed by atoms with Crippen molar-refractivity contribution in [3.05, 3.63) is 30.4 Å². The Bertz CT molecular complexity index is 671. The molecule has 4 nitrogen and oxygen atoms in total. The number of pyridine rings is 1. The van der Waals surface area contributed by atoms with Gasteiger partial charge in [-0.25, -0.2) is 4.79 Å². The van der Waals surface area contributed by atoms with Gasteiger partial charge in [-0.2, -0.15) is 0 Å². The van der Waals surface area contributed by atoms with Crippen LogP contribution in [0.1, 0.15) is 22.8 Å². The van der Waals surface area contributed by atoms with Crippen molar-refractivity contribution in [3.63, 3.8) is 0 Å².